The summed E-state index contributed by atoms with van der Waals surface area (Å²) in [5.41, 5.74) is 0.624. The fourth-order valence-electron chi connectivity index (χ4n) is 3.56. The Bertz CT molecular complexity index is 464. The van der Waals surface area contributed by atoms with Crippen molar-refractivity contribution in [2.24, 2.45) is 10.8 Å². The molecule has 0 unspecified atom stereocenters. The van der Waals surface area contributed by atoms with E-state index in [1.54, 1.807) is 0 Å². The van der Waals surface area contributed by atoms with Gasteiger partial charge in [0.2, 0.25) is 0 Å². The zero-order valence-corrected chi connectivity index (χ0v) is 12.8. The molecule has 19 heavy (non-hydrogen) atoms. The highest BCUT2D eigenvalue weighted by molar-refractivity contribution is 7.17. The van der Waals surface area contributed by atoms with Crippen molar-refractivity contribution >= 4 is 22.4 Å². The average Bonchev–Trinajstić information content (AvgIpc) is 2.60. The van der Waals surface area contributed by atoms with Crippen LogP contribution in [0.1, 0.15) is 56.6 Å². The molecule has 0 atom stereocenters. The van der Waals surface area contributed by atoms with Gasteiger partial charge in [-0.25, -0.2) is 9.78 Å². The maximum Gasteiger partial charge on any atom is 0.347 e. The molecule has 4 nitrogen and oxygen atoms in total. The van der Waals surface area contributed by atoms with E-state index in [2.05, 4.69) is 38.0 Å². The standard InChI is InChI=1S/C14H22N2O2S/c1-13(2)5-9(6-14(3,4)8-13)16-12-15-7-10(19-12)11(17)18/h7,9H,5-6,8H2,1-4H3,(H,15,16)(H,17,18). The molecular formula is C14H22N2O2S. The highest BCUT2D eigenvalue weighted by Gasteiger charge is 2.38. The van der Waals surface area contributed by atoms with Crippen LogP contribution >= 0.6 is 11.3 Å². The lowest BCUT2D eigenvalue weighted by Gasteiger charge is -2.45. The second-order valence-electron chi connectivity index (χ2n) is 7.09. The third kappa shape index (κ3) is 3.69. The van der Waals surface area contributed by atoms with E-state index >= 15 is 0 Å². The fourth-order valence-corrected chi connectivity index (χ4v) is 4.29. The Labute approximate surface area is 118 Å². The van der Waals surface area contributed by atoms with Crippen LogP contribution in [0.15, 0.2) is 6.20 Å². The minimum atomic E-state index is -0.908. The van der Waals surface area contributed by atoms with Gasteiger partial charge in [0, 0.05) is 6.04 Å². The number of rotatable bonds is 3. The van der Waals surface area contributed by atoms with Gasteiger partial charge in [-0.15, -0.1) is 0 Å². The Morgan fingerprint density at radius 3 is 2.42 bits per heavy atom. The van der Waals surface area contributed by atoms with Crippen LogP contribution in [0, 0.1) is 10.8 Å². The summed E-state index contributed by atoms with van der Waals surface area (Å²) in [7, 11) is 0. The number of aromatic carboxylic acids is 1. The molecule has 0 amide bonds. The molecule has 1 saturated carbocycles. The Morgan fingerprint density at radius 1 is 1.37 bits per heavy atom. The monoisotopic (exact) mass is 282 g/mol. The van der Waals surface area contributed by atoms with E-state index in [1.165, 1.54) is 24.0 Å². The van der Waals surface area contributed by atoms with Gasteiger partial charge in [-0.05, 0) is 30.1 Å². The molecule has 0 aliphatic heterocycles. The van der Waals surface area contributed by atoms with E-state index in [0.717, 1.165) is 18.0 Å². The number of aromatic nitrogens is 1. The summed E-state index contributed by atoms with van der Waals surface area (Å²) in [4.78, 5) is 15.3. The Morgan fingerprint density at radius 2 is 1.95 bits per heavy atom. The van der Waals surface area contributed by atoms with Crippen molar-refractivity contribution in [1.82, 2.24) is 4.98 Å². The van der Waals surface area contributed by atoms with Crippen molar-refractivity contribution < 1.29 is 9.90 Å². The molecule has 1 aromatic heterocycles. The SMILES string of the molecule is CC1(C)CC(Nc2ncc(C(=O)O)s2)CC(C)(C)C1. The highest BCUT2D eigenvalue weighted by Crippen LogP contribution is 2.46. The van der Waals surface area contributed by atoms with Gasteiger partial charge in [0.25, 0.3) is 0 Å². The molecule has 5 heteroatoms. The zero-order chi connectivity index (χ0) is 14.3. The summed E-state index contributed by atoms with van der Waals surface area (Å²) in [5.74, 6) is -0.908. The molecule has 1 fully saturated rings. The summed E-state index contributed by atoms with van der Waals surface area (Å²) in [5, 5.41) is 13.0. The summed E-state index contributed by atoms with van der Waals surface area (Å²) >= 11 is 1.21. The number of carboxylic acid groups (broad SMARTS) is 1. The maximum absolute atomic E-state index is 10.9. The van der Waals surface area contributed by atoms with Crippen molar-refractivity contribution in [3.63, 3.8) is 0 Å². The predicted octanol–water partition coefficient (Wildman–Crippen LogP) is 3.86. The lowest BCUT2D eigenvalue weighted by Crippen LogP contribution is -2.40. The van der Waals surface area contributed by atoms with Crippen LogP contribution in [0.5, 0.6) is 0 Å². The number of hydrogen-bond donors (Lipinski definition) is 2. The van der Waals surface area contributed by atoms with Crippen LogP contribution in [0.2, 0.25) is 0 Å². The molecule has 0 aromatic carbocycles. The molecular weight excluding hydrogens is 260 g/mol. The van der Waals surface area contributed by atoms with Crippen molar-refractivity contribution in [2.75, 3.05) is 5.32 Å². The van der Waals surface area contributed by atoms with Crippen LogP contribution in [0.25, 0.3) is 0 Å². The molecule has 2 N–H and O–H groups in total. The molecule has 1 aromatic rings. The van der Waals surface area contributed by atoms with Gasteiger partial charge in [0.05, 0.1) is 6.20 Å². The summed E-state index contributed by atoms with van der Waals surface area (Å²) in [6.07, 6.45) is 4.84. The van der Waals surface area contributed by atoms with Gasteiger partial charge >= 0.3 is 5.97 Å². The molecule has 2 rings (SSSR count). The molecule has 1 heterocycles. The molecule has 106 valence electrons. The minimum absolute atomic E-state index is 0.289. The zero-order valence-electron chi connectivity index (χ0n) is 12.0. The van der Waals surface area contributed by atoms with E-state index in [0.29, 0.717) is 16.9 Å². The lowest BCUT2D eigenvalue weighted by atomic mass is 9.63. The number of anilines is 1. The normalized spacial score (nSPS) is 22.1. The second kappa shape index (κ2) is 4.78. The quantitative estimate of drug-likeness (QED) is 0.883. The Kier molecular flexibility index (Phi) is 3.60. The van der Waals surface area contributed by atoms with Crippen LogP contribution in [0.3, 0.4) is 0 Å². The molecule has 1 aliphatic rings. The number of carbonyl (C=O) groups is 1. The molecule has 1 aliphatic carbocycles. The van der Waals surface area contributed by atoms with Gasteiger partial charge in [0.15, 0.2) is 5.13 Å². The smallest absolute Gasteiger partial charge is 0.347 e. The van der Waals surface area contributed by atoms with Crippen LogP contribution in [0.4, 0.5) is 5.13 Å². The average molecular weight is 282 g/mol. The first-order valence-corrected chi connectivity index (χ1v) is 7.44. The molecule has 0 radical (unpaired) electrons. The van der Waals surface area contributed by atoms with E-state index in [4.69, 9.17) is 5.11 Å². The van der Waals surface area contributed by atoms with Crippen LogP contribution in [-0.2, 0) is 0 Å². The first-order valence-electron chi connectivity index (χ1n) is 6.63. The van der Waals surface area contributed by atoms with Crippen molar-refractivity contribution in [3.05, 3.63) is 11.1 Å². The van der Waals surface area contributed by atoms with Gasteiger partial charge < -0.3 is 10.4 Å². The largest absolute Gasteiger partial charge is 0.477 e. The summed E-state index contributed by atoms with van der Waals surface area (Å²) < 4.78 is 0. The number of thiazole rings is 1. The van der Waals surface area contributed by atoms with Gasteiger partial charge in [-0.3, -0.25) is 0 Å². The van der Waals surface area contributed by atoms with E-state index in [-0.39, 0.29) is 4.88 Å². The molecule has 0 bridgehead atoms. The van der Waals surface area contributed by atoms with Gasteiger partial charge in [0.1, 0.15) is 4.88 Å². The molecule has 0 spiro atoms. The minimum Gasteiger partial charge on any atom is -0.477 e. The first kappa shape index (κ1) is 14.3. The van der Waals surface area contributed by atoms with E-state index in [9.17, 15) is 4.79 Å². The van der Waals surface area contributed by atoms with Gasteiger partial charge in [-0.2, -0.15) is 0 Å². The van der Waals surface area contributed by atoms with Crippen LogP contribution in [-0.4, -0.2) is 22.1 Å². The topological polar surface area (TPSA) is 62.2 Å². The highest BCUT2D eigenvalue weighted by atomic mass is 32.1. The fraction of sp³-hybridized carbons (Fsp3) is 0.714. The molecule has 0 saturated heterocycles. The number of carboxylic acids is 1. The van der Waals surface area contributed by atoms with Crippen molar-refractivity contribution in [3.8, 4) is 0 Å². The van der Waals surface area contributed by atoms with E-state index in [1.807, 2.05) is 0 Å². The van der Waals surface area contributed by atoms with Crippen molar-refractivity contribution in [1.29, 1.82) is 0 Å². The second-order valence-corrected chi connectivity index (χ2v) is 8.12. The summed E-state index contributed by atoms with van der Waals surface area (Å²) in [6.45, 7) is 9.19. The summed E-state index contributed by atoms with van der Waals surface area (Å²) in [6, 6.07) is 0.367. The number of nitrogens with zero attached hydrogens (tertiary/aromatic N) is 1. The Hall–Kier alpha value is -1.10. The van der Waals surface area contributed by atoms with Crippen molar-refractivity contribution in [2.45, 2.75) is 53.0 Å². The Balaban J connectivity index is 2.07. The first-order chi connectivity index (χ1) is 8.67. The third-order valence-corrected chi connectivity index (χ3v) is 4.52. The van der Waals surface area contributed by atoms with Gasteiger partial charge in [-0.1, -0.05) is 39.0 Å². The lowest BCUT2D eigenvalue weighted by molar-refractivity contribution is 0.0702. The van der Waals surface area contributed by atoms with E-state index < -0.39 is 5.97 Å². The number of nitrogens with one attached hydrogen (secondary N) is 1. The van der Waals surface area contributed by atoms with Crippen LogP contribution < -0.4 is 5.32 Å². The predicted molar refractivity (Wildman–Crippen MR) is 77.9 cm³/mol. The third-order valence-electron chi connectivity index (χ3n) is 3.60. The maximum atomic E-state index is 10.9. The number of hydrogen-bond acceptors (Lipinski definition) is 4.